The van der Waals surface area contributed by atoms with Crippen LogP contribution >= 0.6 is 0 Å². The number of likely N-dealkylation sites (tertiary alicyclic amines) is 1. The fourth-order valence-corrected chi connectivity index (χ4v) is 1.42. The quantitative estimate of drug-likeness (QED) is 0.658. The molecule has 1 amide bonds. The molecule has 0 unspecified atom stereocenters. The van der Waals surface area contributed by atoms with Gasteiger partial charge >= 0.3 is 0 Å². The molecule has 0 atom stereocenters. The lowest BCUT2D eigenvalue weighted by molar-refractivity contribution is -0.137. The summed E-state index contributed by atoms with van der Waals surface area (Å²) in [5.41, 5.74) is 0. The van der Waals surface area contributed by atoms with Gasteiger partial charge in [-0.05, 0) is 12.0 Å². The van der Waals surface area contributed by atoms with Gasteiger partial charge in [-0.2, -0.15) is 0 Å². The topological polar surface area (TPSA) is 20.3 Å². The fourth-order valence-electron chi connectivity index (χ4n) is 1.42. The maximum atomic E-state index is 11.7. The summed E-state index contributed by atoms with van der Waals surface area (Å²) < 4.78 is 11.7. The molecule has 74 valence electrons. The van der Waals surface area contributed by atoms with Crippen molar-refractivity contribution in [2.24, 2.45) is 11.8 Å². The van der Waals surface area contributed by atoms with Gasteiger partial charge in [0, 0.05) is 25.4 Å². The van der Waals surface area contributed by atoms with Crippen molar-refractivity contribution in [3.05, 3.63) is 12.4 Å². The summed E-state index contributed by atoms with van der Waals surface area (Å²) in [5, 5.41) is 0. The fraction of sp³-hybridized carbons (Fsp3) is 0.700. The molecule has 0 bridgehead atoms. The first-order chi connectivity index (χ1) is 6.13. The number of halogens is 1. The smallest absolute Gasteiger partial charge is 0.222 e. The molecule has 0 spiro atoms. The Labute approximate surface area is 78.4 Å². The van der Waals surface area contributed by atoms with E-state index in [1.165, 1.54) is 6.08 Å². The first-order valence-corrected chi connectivity index (χ1v) is 4.68. The lowest BCUT2D eigenvalue weighted by atomic mass is 9.98. The zero-order valence-electron chi connectivity index (χ0n) is 8.16. The van der Waals surface area contributed by atoms with E-state index in [2.05, 4.69) is 0 Å². The van der Waals surface area contributed by atoms with Gasteiger partial charge in [-0.3, -0.25) is 4.79 Å². The van der Waals surface area contributed by atoms with Crippen LogP contribution in [0, 0.1) is 11.8 Å². The van der Waals surface area contributed by atoms with Crippen LogP contribution in [0.15, 0.2) is 12.4 Å². The molecule has 0 radical (unpaired) electrons. The summed E-state index contributed by atoms with van der Waals surface area (Å²) in [7, 11) is 0. The number of rotatable bonds is 3. The van der Waals surface area contributed by atoms with Gasteiger partial charge in [0.2, 0.25) is 5.91 Å². The van der Waals surface area contributed by atoms with E-state index in [0.717, 1.165) is 0 Å². The number of carbonyl (C=O) groups excluding carboxylic acids is 1. The van der Waals surface area contributed by atoms with Gasteiger partial charge in [0.25, 0.3) is 0 Å². The maximum absolute atomic E-state index is 11.7. The molecule has 2 nitrogen and oxygen atoms in total. The summed E-state index contributed by atoms with van der Waals surface area (Å²) in [6.07, 6.45) is 2.68. The van der Waals surface area contributed by atoms with E-state index < -0.39 is 0 Å². The molecule has 1 aliphatic rings. The summed E-state index contributed by atoms with van der Waals surface area (Å²) in [6.45, 7) is 5.42. The van der Waals surface area contributed by atoms with Crippen LogP contribution in [0.5, 0.6) is 0 Å². The Bertz CT molecular complexity index is 207. The van der Waals surface area contributed by atoms with E-state index in [-0.39, 0.29) is 11.8 Å². The van der Waals surface area contributed by atoms with Gasteiger partial charge in [0.05, 0.1) is 6.33 Å². The molecule has 0 saturated carbocycles. The Balaban J connectivity index is 2.23. The van der Waals surface area contributed by atoms with E-state index in [0.29, 0.717) is 31.8 Å². The third kappa shape index (κ3) is 2.83. The molecule has 0 aliphatic carbocycles. The molecule has 1 aliphatic heterocycles. The number of nitrogens with zero attached hydrogens (tertiary/aromatic N) is 1. The summed E-state index contributed by atoms with van der Waals surface area (Å²) in [6, 6.07) is 0. The first kappa shape index (κ1) is 10.2. The molecule has 1 heterocycles. The van der Waals surface area contributed by atoms with Crippen LogP contribution in [0.25, 0.3) is 0 Å². The van der Waals surface area contributed by atoms with Crippen molar-refractivity contribution in [2.75, 3.05) is 13.1 Å². The van der Waals surface area contributed by atoms with Gasteiger partial charge in [0.15, 0.2) is 0 Å². The van der Waals surface area contributed by atoms with Crippen LogP contribution in [0.3, 0.4) is 0 Å². The largest absolute Gasteiger partial charge is 0.341 e. The van der Waals surface area contributed by atoms with Crippen LogP contribution in [0.1, 0.15) is 20.3 Å². The molecular weight excluding hydrogens is 169 g/mol. The van der Waals surface area contributed by atoms with Crippen LogP contribution in [-0.2, 0) is 4.79 Å². The highest BCUT2D eigenvalue weighted by atomic mass is 19.1. The molecule has 3 heteroatoms. The van der Waals surface area contributed by atoms with Gasteiger partial charge in [-0.25, -0.2) is 4.39 Å². The zero-order chi connectivity index (χ0) is 9.84. The van der Waals surface area contributed by atoms with Crippen molar-refractivity contribution in [2.45, 2.75) is 20.3 Å². The van der Waals surface area contributed by atoms with E-state index >= 15 is 0 Å². The molecule has 1 fully saturated rings. The Kier molecular flexibility index (Phi) is 3.46. The second-order valence-electron chi connectivity index (χ2n) is 3.98. The number of hydrogen-bond donors (Lipinski definition) is 0. The highest BCUT2D eigenvalue weighted by Gasteiger charge is 2.28. The third-order valence-electron chi connectivity index (χ3n) is 2.19. The van der Waals surface area contributed by atoms with Crippen molar-refractivity contribution in [1.29, 1.82) is 0 Å². The van der Waals surface area contributed by atoms with Gasteiger partial charge < -0.3 is 4.90 Å². The van der Waals surface area contributed by atoms with Crippen molar-refractivity contribution >= 4 is 5.91 Å². The normalized spacial score (nSPS) is 18.3. The first-order valence-electron chi connectivity index (χ1n) is 4.68. The maximum Gasteiger partial charge on any atom is 0.222 e. The highest BCUT2D eigenvalue weighted by Crippen LogP contribution is 2.19. The van der Waals surface area contributed by atoms with Crippen molar-refractivity contribution in [3.63, 3.8) is 0 Å². The molecule has 0 N–H and O–H groups in total. The Morgan fingerprint density at radius 2 is 2.23 bits per heavy atom. The van der Waals surface area contributed by atoms with E-state index in [1.54, 1.807) is 4.90 Å². The average molecular weight is 185 g/mol. The van der Waals surface area contributed by atoms with E-state index in [9.17, 15) is 9.18 Å². The summed E-state index contributed by atoms with van der Waals surface area (Å²) in [4.78, 5) is 13.2. The standard InChI is InChI=1S/C10H16FNO/c1-8(2)5-10(13)12-6-9(7-12)3-4-11/h3-4,8-9H,5-7H2,1-2H3/b4-3-. The highest BCUT2D eigenvalue weighted by molar-refractivity contribution is 5.77. The van der Waals surface area contributed by atoms with Crippen molar-refractivity contribution < 1.29 is 9.18 Å². The number of amides is 1. The van der Waals surface area contributed by atoms with Gasteiger partial charge in [0.1, 0.15) is 0 Å². The average Bonchev–Trinajstić information content (AvgIpc) is 1.93. The van der Waals surface area contributed by atoms with Crippen LogP contribution in [0.4, 0.5) is 4.39 Å². The minimum absolute atomic E-state index is 0.193. The Hall–Kier alpha value is -0.860. The summed E-state index contributed by atoms with van der Waals surface area (Å²) >= 11 is 0. The number of hydrogen-bond acceptors (Lipinski definition) is 1. The second-order valence-corrected chi connectivity index (χ2v) is 3.98. The Morgan fingerprint density at radius 1 is 1.62 bits per heavy atom. The SMILES string of the molecule is CC(C)CC(=O)N1CC(/C=C\F)C1. The van der Waals surface area contributed by atoms with Crippen LogP contribution in [-0.4, -0.2) is 23.9 Å². The minimum atomic E-state index is 0.193. The molecule has 1 saturated heterocycles. The van der Waals surface area contributed by atoms with Gasteiger partial charge in [-0.1, -0.05) is 13.8 Å². The predicted octanol–water partition coefficient (Wildman–Crippen LogP) is 1.97. The zero-order valence-corrected chi connectivity index (χ0v) is 8.16. The monoisotopic (exact) mass is 185 g/mol. The summed E-state index contributed by atoms with van der Waals surface area (Å²) in [5.74, 6) is 0.836. The second kappa shape index (κ2) is 4.40. The minimum Gasteiger partial charge on any atom is -0.341 e. The lowest BCUT2D eigenvalue weighted by Gasteiger charge is -2.37. The molecular formula is C10H16FNO. The molecule has 0 aromatic carbocycles. The van der Waals surface area contributed by atoms with Crippen molar-refractivity contribution in [1.82, 2.24) is 4.90 Å². The van der Waals surface area contributed by atoms with Gasteiger partial charge in [-0.15, -0.1) is 0 Å². The molecule has 0 aromatic rings. The van der Waals surface area contributed by atoms with Crippen LogP contribution < -0.4 is 0 Å². The Morgan fingerprint density at radius 3 is 2.69 bits per heavy atom. The van der Waals surface area contributed by atoms with E-state index in [4.69, 9.17) is 0 Å². The number of carbonyl (C=O) groups is 1. The van der Waals surface area contributed by atoms with E-state index in [1.807, 2.05) is 13.8 Å². The molecule has 13 heavy (non-hydrogen) atoms. The van der Waals surface area contributed by atoms with Crippen molar-refractivity contribution in [3.8, 4) is 0 Å². The molecule has 1 rings (SSSR count). The van der Waals surface area contributed by atoms with Crippen LogP contribution in [0.2, 0.25) is 0 Å². The lowest BCUT2D eigenvalue weighted by Crippen LogP contribution is -2.49. The predicted molar refractivity (Wildman–Crippen MR) is 49.8 cm³/mol. The third-order valence-corrected chi connectivity index (χ3v) is 2.19. The molecule has 0 aromatic heterocycles.